The Hall–Kier alpha value is -2.18. The van der Waals surface area contributed by atoms with Gasteiger partial charge in [0.2, 0.25) is 12.2 Å². The third kappa shape index (κ3) is 3.23. The molecule has 0 atom stereocenters. The molecule has 0 aliphatic rings. The van der Waals surface area contributed by atoms with E-state index in [-0.39, 0.29) is 0 Å². The number of para-hydroxylation sites is 2. The molecule has 1 aromatic carbocycles. The van der Waals surface area contributed by atoms with Crippen molar-refractivity contribution >= 4 is 11.6 Å². The van der Waals surface area contributed by atoms with Crippen LogP contribution in [-0.4, -0.2) is 31.3 Å². The van der Waals surface area contributed by atoms with E-state index in [0.717, 1.165) is 11.4 Å². The summed E-state index contributed by atoms with van der Waals surface area (Å²) < 4.78 is 15.6. The van der Waals surface area contributed by atoms with Crippen molar-refractivity contribution in [2.24, 2.45) is 0 Å². The van der Waals surface area contributed by atoms with Crippen LogP contribution in [0.15, 0.2) is 36.5 Å². The second kappa shape index (κ2) is 6.83. The van der Waals surface area contributed by atoms with Crippen LogP contribution >= 0.6 is 0 Å². The first-order chi connectivity index (χ1) is 9.78. The zero-order valence-corrected chi connectivity index (χ0v) is 11.7. The van der Waals surface area contributed by atoms with Gasteiger partial charge in [0.15, 0.2) is 0 Å². The first-order valence-corrected chi connectivity index (χ1v) is 6.07. The van der Waals surface area contributed by atoms with E-state index in [4.69, 9.17) is 14.2 Å². The molecule has 0 fully saturated rings. The molecular formula is C14H17N3O3. The van der Waals surface area contributed by atoms with E-state index in [1.54, 1.807) is 33.6 Å². The summed E-state index contributed by atoms with van der Waals surface area (Å²) in [6, 6.07) is 9.29. The Morgan fingerprint density at radius 2 is 1.80 bits per heavy atom. The van der Waals surface area contributed by atoms with E-state index in [0.29, 0.717) is 11.6 Å². The van der Waals surface area contributed by atoms with Crippen LogP contribution in [0.4, 0.5) is 11.6 Å². The molecule has 0 aliphatic carbocycles. The van der Waals surface area contributed by atoms with Gasteiger partial charge in [-0.3, -0.25) is 0 Å². The fraction of sp³-hybridized carbons (Fsp3) is 0.286. The number of nitrogens with zero attached hydrogens (tertiary/aromatic N) is 2. The summed E-state index contributed by atoms with van der Waals surface area (Å²) in [6.45, 7) is 0. The van der Waals surface area contributed by atoms with E-state index in [9.17, 15) is 0 Å². The molecule has 1 heterocycles. The van der Waals surface area contributed by atoms with Gasteiger partial charge in [-0.15, -0.1) is 0 Å². The Morgan fingerprint density at radius 1 is 1.05 bits per heavy atom. The van der Waals surface area contributed by atoms with Gasteiger partial charge in [-0.1, -0.05) is 12.1 Å². The summed E-state index contributed by atoms with van der Waals surface area (Å²) in [5, 5.41) is 3.11. The van der Waals surface area contributed by atoms with E-state index in [1.807, 2.05) is 24.3 Å². The zero-order chi connectivity index (χ0) is 14.4. The number of benzene rings is 1. The van der Waals surface area contributed by atoms with Crippen molar-refractivity contribution in [3.63, 3.8) is 0 Å². The van der Waals surface area contributed by atoms with Gasteiger partial charge in [0, 0.05) is 20.4 Å². The molecule has 1 aromatic heterocycles. The van der Waals surface area contributed by atoms with Gasteiger partial charge >= 0.3 is 0 Å². The Labute approximate surface area is 117 Å². The standard InChI is InChI=1S/C14H17N3O3/c1-18-12-7-5-4-6-10(12)16-14-15-9-8-11(17-14)13(19-2)20-3/h4-9,13H,1-3H3,(H,15,16,17). The number of hydrogen-bond acceptors (Lipinski definition) is 6. The predicted molar refractivity (Wildman–Crippen MR) is 75.1 cm³/mol. The summed E-state index contributed by atoms with van der Waals surface area (Å²) in [7, 11) is 4.73. The van der Waals surface area contributed by atoms with Crippen LogP contribution < -0.4 is 10.1 Å². The van der Waals surface area contributed by atoms with Gasteiger partial charge < -0.3 is 19.5 Å². The fourth-order valence-corrected chi connectivity index (χ4v) is 1.77. The van der Waals surface area contributed by atoms with E-state index < -0.39 is 6.29 Å². The number of anilines is 2. The molecule has 106 valence electrons. The van der Waals surface area contributed by atoms with Crippen LogP contribution in [0.2, 0.25) is 0 Å². The second-order valence-corrected chi connectivity index (χ2v) is 3.93. The molecule has 6 nitrogen and oxygen atoms in total. The number of hydrogen-bond donors (Lipinski definition) is 1. The Balaban J connectivity index is 2.23. The first kappa shape index (κ1) is 14.2. The molecule has 2 rings (SSSR count). The van der Waals surface area contributed by atoms with Gasteiger partial charge in [-0.05, 0) is 18.2 Å². The van der Waals surface area contributed by atoms with Crippen molar-refractivity contribution in [3.8, 4) is 5.75 Å². The average Bonchev–Trinajstić information content (AvgIpc) is 2.49. The van der Waals surface area contributed by atoms with Gasteiger partial charge in [0.05, 0.1) is 12.8 Å². The SMILES string of the molecule is COc1ccccc1Nc1nccc(C(OC)OC)n1. The third-order valence-electron chi connectivity index (χ3n) is 2.70. The molecule has 2 aromatic rings. The lowest BCUT2D eigenvalue weighted by Gasteiger charge is -2.14. The van der Waals surface area contributed by atoms with Crippen LogP contribution in [0, 0.1) is 0 Å². The maximum atomic E-state index is 5.27. The third-order valence-corrected chi connectivity index (χ3v) is 2.70. The minimum absolute atomic E-state index is 0.450. The summed E-state index contributed by atoms with van der Waals surface area (Å²) in [5.74, 6) is 1.17. The molecule has 0 aliphatic heterocycles. The zero-order valence-electron chi connectivity index (χ0n) is 11.7. The van der Waals surface area contributed by atoms with Crippen molar-refractivity contribution in [1.82, 2.24) is 9.97 Å². The number of methoxy groups -OCH3 is 3. The predicted octanol–water partition coefficient (Wildman–Crippen LogP) is 2.52. The average molecular weight is 275 g/mol. The largest absolute Gasteiger partial charge is 0.495 e. The molecule has 0 amide bonds. The fourth-order valence-electron chi connectivity index (χ4n) is 1.77. The van der Waals surface area contributed by atoms with E-state index in [1.165, 1.54) is 0 Å². The van der Waals surface area contributed by atoms with Crippen LogP contribution in [0.25, 0.3) is 0 Å². The highest BCUT2D eigenvalue weighted by Gasteiger charge is 2.12. The van der Waals surface area contributed by atoms with Gasteiger partial charge in [0.25, 0.3) is 0 Å². The topological polar surface area (TPSA) is 65.5 Å². The van der Waals surface area contributed by atoms with Crippen molar-refractivity contribution in [3.05, 3.63) is 42.2 Å². The lowest BCUT2D eigenvalue weighted by Crippen LogP contribution is -2.08. The quantitative estimate of drug-likeness (QED) is 0.817. The number of nitrogens with one attached hydrogen (secondary N) is 1. The molecule has 0 saturated carbocycles. The number of ether oxygens (including phenoxy) is 3. The maximum absolute atomic E-state index is 5.27. The highest BCUT2D eigenvalue weighted by molar-refractivity contribution is 5.62. The van der Waals surface area contributed by atoms with E-state index in [2.05, 4.69) is 15.3 Å². The molecule has 6 heteroatoms. The molecule has 0 spiro atoms. The molecule has 0 unspecified atom stereocenters. The van der Waals surface area contributed by atoms with Gasteiger partial charge in [0.1, 0.15) is 11.4 Å². The minimum Gasteiger partial charge on any atom is -0.495 e. The monoisotopic (exact) mass is 275 g/mol. The minimum atomic E-state index is -0.517. The number of aromatic nitrogens is 2. The summed E-state index contributed by atoms with van der Waals surface area (Å²) in [4.78, 5) is 8.53. The summed E-state index contributed by atoms with van der Waals surface area (Å²) in [6.07, 6.45) is 1.13. The smallest absolute Gasteiger partial charge is 0.227 e. The van der Waals surface area contributed by atoms with Crippen LogP contribution in [0.5, 0.6) is 5.75 Å². The van der Waals surface area contributed by atoms with Gasteiger partial charge in [-0.25, -0.2) is 9.97 Å². The lowest BCUT2D eigenvalue weighted by atomic mass is 10.3. The summed E-state index contributed by atoms with van der Waals surface area (Å²) in [5.41, 5.74) is 1.43. The molecule has 0 saturated heterocycles. The van der Waals surface area contributed by atoms with Crippen molar-refractivity contribution in [2.45, 2.75) is 6.29 Å². The molecule has 20 heavy (non-hydrogen) atoms. The molecular weight excluding hydrogens is 258 g/mol. The van der Waals surface area contributed by atoms with Gasteiger partial charge in [-0.2, -0.15) is 0 Å². The molecule has 1 N–H and O–H groups in total. The highest BCUT2D eigenvalue weighted by Crippen LogP contribution is 2.26. The molecule has 0 radical (unpaired) electrons. The number of rotatable bonds is 6. The normalized spacial score (nSPS) is 10.6. The van der Waals surface area contributed by atoms with Crippen LogP contribution in [0.1, 0.15) is 12.0 Å². The highest BCUT2D eigenvalue weighted by atomic mass is 16.7. The van der Waals surface area contributed by atoms with Crippen molar-refractivity contribution in [2.75, 3.05) is 26.6 Å². The molecule has 0 bridgehead atoms. The Bertz CT molecular complexity index is 559. The Kier molecular flexibility index (Phi) is 4.86. The van der Waals surface area contributed by atoms with E-state index >= 15 is 0 Å². The maximum Gasteiger partial charge on any atom is 0.227 e. The first-order valence-electron chi connectivity index (χ1n) is 6.07. The second-order valence-electron chi connectivity index (χ2n) is 3.93. The van der Waals surface area contributed by atoms with Crippen LogP contribution in [0.3, 0.4) is 0 Å². The van der Waals surface area contributed by atoms with Crippen molar-refractivity contribution < 1.29 is 14.2 Å². The summed E-state index contributed by atoms with van der Waals surface area (Å²) >= 11 is 0. The lowest BCUT2D eigenvalue weighted by molar-refractivity contribution is -0.108. The van der Waals surface area contributed by atoms with Crippen molar-refractivity contribution in [1.29, 1.82) is 0 Å². The Morgan fingerprint density at radius 3 is 2.50 bits per heavy atom. The van der Waals surface area contributed by atoms with Crippen LogP contribution in [-0.2, 0) is 9.47 Å².